The van der Waals surface area contributed by atoms with Crippen LogP contribution in [-0.4, -0.2) is 39.9 Å². The molecule has 4 heteroatoms. The van der Waals surface area contributed by atoms with Crippen molar-refractivity contribution in [3.05, 3.63) is 0 Å². The van der Waals surface area contributed by atoms with E-state index >= 15 is 0 Å². The van der Waals surface area contributed by atoms with E-state index in [0.717, 1.165) is 13.0 Å². The minimum atomic E-state index is -0.366. The number of alkyl halides is 1. The lowest BCUT2D eigenvalue weighted by Crippen LogP contribution is -2.49. The van der Waals surface area contributed by atoms with E-state index in [4.69, 9.17) is 0 Å². The standard InChI is InChI=1S/C11H20BrNO2/c1-7(2)10(12)11(15)13-5-4-8(3)9(14)6-13/h7-10,14H,4-6H2,1-3H3. The molecule has 3 nitrogen and oxygen atoms in total. The van der Waals surface area contributed by atoms with Gasteiger partial charge in [0.1, 0.15) is 0 Å². The van der Waals surface area contributed by atoms with Crippen LogP contribution in [0.15, 0.2) is 0 Å². The van der Waals surface area contributed by atoms with Gasteiger partial charge < -0.3 is 10.0 Å². The van der Waals surface area contributed by atoms with Crippen LogP contribution in [0.5, 0.6) is 0 Å². The molecule has 0 aromatic carbocycles. The molecule has 0 spiro atoms. The molecule has 0 aromatic heterocycles. The molecule has 1 saturated heterocycles. The van der Waals surface area contributed by atoms with Gasteiger partial charge in [-0.25, -0.2) is 0 Å². The maximum Gasteiger partial charge on any atom is 0.236 e. The van der Waals surface area contributed by atoms with Crippen molar-refractivity contribution < 1.29 is 9.90 Å². The van der Waals surface area contributed by atoms with Crippen molar-refractivity contribution in [2.24, 2.45) is 11.8 Å². The molecule has 1 heterocycles. The summed E-state index contributed by atoms with van der Waals surface area (Å²) >= 11 is 3.41. The minimum absolute atomic E-state index is 0.107. The largest absolute Gasteiger partial charge is 0.391 e. The van der Waals surface area contributed by atoms with Crippen LogP contribution in [0.25, 0.3) is 0 Å². The Bertz CT molecular complexity index is 233. The van der Waals surface area contributed by atoms with E-state index in [2.05, 4.69) is 15.9 Å². The Kier molecular flexibility index (Phi) is 4.59. The Morgan fingerprint density at radius 3 is 2.60 bits per heavy atom. The first-order valence-electron chi connectivity index (χ1n) is 5.54. The number of piperidine rings is 1. The smallest absolute Gasteiger partial charge is 0.236 e. The summed E-state index contributed by atoms with van der Waals surface area (Å²) in [6.07, 6.45) is 0.527. The number of hydrogen-bond acceptors (Lipinski definition) is 2. The lowest BCUT2D eigenvalue weighted by Gasteiger charge is -2.35. The van der Waals surface area contributed by atoms with E-state index in [1.165, 1.54) is 0 Å². The second kappa shape index (κ2) is 5.30. The number of amides is 1. The van der Waals surface area contributed by atoms with Gasteiger partial charge in [-0.05, 0) is 18.3 Å². The van der Waals surface area contributed by atoms with Crippen molar-refractivity contribution in [1.82, 2.24) is 4.90 Å². The maximum absolute atomic E-state index is 12.0. The van der Waals surface area contributed by atoms with Crippen molar-refractivity contribution in [2.75, 3.05) is 13.1 Å². The van der Waals surface area contributed by atoms with Crippen LogP contribution in [-0.2, 0) is 4.79 Å². The van der Waals surface area contributed by atoms with Crippen molar-refractivity contribution in [3.63, 3.8) is 0 Å². The zero-order chi connectivity index (χ0) is 11.6. The van der Waals surface area contributed by atoms with Crippen LogP contribution < -0.4 is 0 Å². The van der Waals surface area contributed by atoms with Gasteiger partial charge in [0.2, 0.25) is 5.91 Å². The number of likely N-dealkylation sites (tertiary alicyclic amines) is 1. The highest BCUT2D eigenvalue weighted by molar-refractivity contribution is 9.10. The third kappa shape index (κ3) is 3.18. The van der Waals surface area contributed by atoms with Crippen molar-refractivity contribution in [2.45, 2.75) is 38.1 Å². The van der Waals surface area contributed by atoms with Gasteiger partial charge in [0, 0.05) is 13.1 Å². The fourth-order valence-corrected chi connectivity index (χ4v) is 2.00. The van der Waals surface area contributed by atoms with Crippen LogP contribution in [0.3, 0.4) is 0 Å². The van der Waals surface area contributed by atoms with Gasteiger partial charge in [-0.3, -0.25) is 4.79 Å². The molecule has 0 aliphatic carbocycles. The van der Waals surface area contributed by atoms with Crippen LogP contribution in [0.1, 0.15) is 27.2 Å². The molecule has 0 radical (unpaired) electrons. The zero-order valence-corrected chi connectivity index (χ0v) is 11.2. The summed E-state index contributed by atoms with van der Waals surface area (Å²) in [5.41, 5.74) is 0. The molecule has 1 rings (SSSR count). The van der Waals surface area contributed by atoms with Crippen molar-refractivity contribution >= 4 is 21.8 Å². The zero-order valence-electron chi connectivity index (χ0n) is 9.61. The highest BCUT2D eigenvalue weighted by Gasteiger charge is 2.31. The molecule has 15 heavy (non-hydrogen) atoms. The first-order chi connectivity index (χ1) is 6.93. The van der Waals surface area contributed by atoms with Gasteiger partial charge in [-0.1, -0.05) is 36.7 Å². The van der Waals surface area contributed by atoms with Crippen LogP contribution in [0, 0.1) is 11.8 Å². The lowest BCUT2D eigenvalue weighted by atomic mass is 9.95. The van der Waals surface area contributed by atoms with Gasteiger partial charge in [-0.15, -0.1) is 0 Å². The number of β-amino-alcohol motifs (C(OH)–C–C–N with tert-alkyl or cyclic N) is 1. The SMILES string of the molecule is CC(C)C(Br)C(=O)N1CCC(C)C(O)C1. The first kappa shape index (κ1) is 13.0. The fraction of sp³-hybridized carbons (Fsp3) is 0.909. The van der Waals surface area contributed by atoms with Gasteiger partial charge in [0.15, 0.2) is 0 Å². The summed E-state index contributed by atoms with van der Waals surface area (Å²) < 4.78 is 0. The Labute approximate surface area is 100.0 Å². The molecular formula is C11H20BrNO2. The van der Waals surface area contributed by atoms with Gasteiger partial charge in [0.25, 0.3) is 0 Å². The maximum atomic E-state index is 12.0. The van der Waals surface area contributed by atoms with E-state index in [9.17, 15) is 9.90 Å². The molecule has 0 aromatic rings. The summed E-state index contributed by atoms with van der Waals surface area (Å²) in [4.78, 5) is 13.6. The minimum Gasteiger partial charge on any atom is -0.391 e. The van der Waals surface area contributed by atoms with Gasteiger partial charge in [0.05, 0.1) is 10.9 Å². The average Bonchev–Trinajstić information content (AvgIpc) is 2.19. The molecule has 1 aliphatic heterocycles. The second-order valence-electron chi connectivity index (χ2n) is 4.76. The highest BCUT2D eigenvalue weighted by Crippen LogP contribution is 2.21. The highest BCUT2D eigenvalue weighted by atomic mass is 79.9. The Morgan fingerprint density at radius 1 is 1.53 bits per heavy atom. The molecule has 1 fully saturated rings. The second-order valence-corrected chi connectivity index (χ2v) is 5.75. The van der Waals surface area contributed by atoms with Crippen LogP contribution in [0.2, 0.25) is 0 Å². The monoisotopic (exact) mass is 277 g/mol. The quantitative estimate of drug-likeness (QED) is 0.780. The molecule has 88 valence electrons. The average molecular weight is 278 g/mol. The normalized spacial score (nSPS) is 29.3. The van der Waals surface area contributed by atoms with Crippen molar-refractivity contribution in [1.29, 1.82) is 0 Å². The van der Waals surface area contributed by atoms with Gasteiger partial charge >= 0.3 is 0 Å². The number of rotatable bonds is 2. The predicted octanol–water partition coefficient (Wildman–Crippen LogP) is 1.64. The summed E-state index contributed by atoms with van der Waals surface area (Å²) in [6, 6.07) is 0. The number of carbonyl (C=O) groups is 1. The topological polar surface area (TPSA) is 40.5 Å². The fourth-order valence-electron chi connectivity index (χ4n) is 1.71. The number of carbonyl (C=O) groups excluding carboxylic acids is 1. The Balaban J connectivity index is 2.54. The Hall–Kier alpha value is -0.0900. The molecule has 1 N–H and O–H groups in total. The molecule has 0 bridgehead atoms. The Morgan fingerprint density at radius 2 is 2.13 bits per heavy atom. The number of halogens is 1. The molecule has 1 amide bonds. The van der Waals surface area contributed by atoms with E-state index in [1.807, 2.05) is 20.8 Å². The number of nitrogens with zero attached hydrogens (tertiary/aromatic N) is 1. The van der Waals surface area contributed by atoms with Crippen molar-refractivity contribution in [3.8, 4) is 0 Å². The molecule has 1 aliphatic rings. The number of aliphatic hydroxyl groups is 1. The molecule has 3 atom stereocenters. The van der Waals surface area contributed by atoms with E-state index < -0.39 is 0 Å². The summed E-state index contributed by atoms with van der Waals surface area (Å²) in [5, 5.41) is 9.71. The van der Waals surface area contributed by atoms with E-state index in [0.29, 0.717) is 12.5 Å². The van der Waals surface area contributed by atoms with E-state index in [1.54, 1.807) is 4.90 Å². The predicted molar refractivity (Wildman–Crippen MR) is 63.9 cm³/mol. The summed E-state index contributed by atoms with van der Waals surface area (Å²) in [7, 11) is 0. The number of aliphatic hydroxyl groups excluding tert-OH is 1. The molecular weight excluding hydrogens is 258 g/mol. The summed E-state index contributed by atoms with van der Waals surface area (Å²) in [5.74, 6) is 0.701. The third-order valence-electron chi connectivity index (χ3n) is 3.05. The van der Waals surface area contributed by atoms with Crippen LogP contribution in [0.4, 0.5) is 0 Å². The summed E-state index contributed by atoms with van der Waals surface area (Å²) in [6.45, 7) is 7.31. The number of hydrogen-bond donors (Lipinski definition) is 1. The van der Waals surface area contributed by atoms with Crippen LogP contribution >= 0.6 is 15.9 Å². The third-order valence-corrected chi connectivity index (χ3v) is 4.50. The molecule has 3 unspecified atom stereocenters. The van der Waals surface area contributed by atoms with Gasteiger partial charge in [-0.2, -0.15) is 0 Å². The van der Waals surface area contributed by atoms with E-state index in [-0.39, 0.29) is 22.8 Å². The molecule has 0 saturated carbocycles. The first-order valence-corrected chi connectivity index (χ1v) is 6.46. The lowest BCUT2D eigenvalue weighted by molar-refractivity contribution is -0.135.